The molecule has 0 amide bonds. The van der Waals surface area contributed by atoms with Gasteiger partial charge in [-0.3, -0.25) is 10.1 Å². The Kier molecular flexibility index (Phi) is 6.92. The fourth-order valence-electron chi connectivity index (χ4n) is 2.73. The van der Waals surface area contributed by atoms with Crippen LogP contribution >= 0.6 is 11.6 Å². The molecular formula is C22H21ClN2O4. The highest BCUT2D eigenvalue weighted by Crippen LogP contribution is 2.30. The third-order valence-corrected chi connectivity index (χ3v) is 4.54. The van der Waals surface area contributed by atoms with Crippen LogP contribution in [0.4, 0.5) is 11.4 Å². The standard InChI is InChI=1S/C22H21ClN2O4/c1-2-28-22-13-17(14-24-20-6-4-3-5-19(20)23)9-12-21(22)29-15-16-7-10-18(11-8-16)25(26)27/h3-13,24H,2,14-15H2,1H3. The summed E-state index contributed by atoms with van der Waals surface area (Å²) in [4.78, 5) is 10.3. The molecule has 0 radical (unpaired) electrons. The Hall–Kier alpha value is -3.25. The van der Waals surface area contributed by atoms with Crippen molar-refractivity contribution in [3.05, 3.63) is 93.0 Å². The first-order chi connectivity index (χ1) is 14.1. The van der Waals surface area contributed by atoms with Gasteiger partial charge in [0.25, 0.3) is 5.69 Å². The fourth-order valence-corrected chi connectivity index (χ4v) is 2.93. The largest absolute Gasteiger partial charge is 0.490 e. The van der Waals surface area contributed by atoms with Gasteiger partial charge in [-0.05, 0) is 54.4 Å². The number of para-hydroxylation sites is 1. The Labute approximate surface area is 174 Å². The lowest BCUT2D eigenvalue weighted by Crippen LogP contribution is -2.03. The minimum atomic E-state index is -0.423. The number of benzene rings is 3. The minimum Gasteiger partial charge on any atom is -0.490 e. The van der Waals surface area contributed by atoms with E-state index >= 15 is 0 Å². The number of halogens is 1. The molecule has 0 spiro atoms. The van der Waals surface area contributed by atoms with Crippen LogP contribution in [0.15, 0.2) is 66.7 Å². The van der Waals surface area contributed by atoms with Gasteiger partial charge in [0.2, 0.25) is 0 Å². The zero-order chi connectivity index (χ0) is 20.6. The fraction of sp³-hybridized carbons (Fsp3) is 0.182. The minimum absolute atomic E-state index is 0.0547. The van der Waals surface area contributed by atoms with Gasteiger partial charge in [-0.25, -0.2) is 0 Å². The van der Waals surface area contributed by atoms with Crippen LogP contribution in [0.25, 0.3) is 0 Å². The molecule has 29 heavy (non-hydrogen) atoms. The molecular weight excluding hydrogens is 392 g/mol. The predicted molar refractivity (Wildman–Crippen MR) is 114 cm³/mol. The molecule has 3 aromatic rings. The molecule has 0 unspecified atom stereocenters. The summed E-state index contributed by atoms with van der Waals surface area (Å²) in [7, 11) is 0. The van der Waals surface area contributed by atoms with Crippen molar-refractivity contribution in [2.24, 2.45) is 0 Å². The number of anilines is 1. The van der Waals surface area contributed by atoms with Gasteiger partial charge in [0.15, 0.2) is 11.5 Å². The Morgan fingerprint density at radius 3 is 2.38 bits per heavy atom. The Morgan fingerprint density at radius 1 is 0.966 bits per heavy atom. The molecule has 0 heterocycles. The van der Waals surface area contributed by atoms with Gasteiger partial charge >= 0.3 is 0 Å². The molecule has 3 aromatic carbocycles. The van der Waals surface area contributed by atoms with Crippen molar-refractivity contribution in [2.45, 2.75) is 20.1 Å². The molecule has 0 aromatic heterocycles. The maximum atomic E-state index is 10.7. The molecule has 3 rings (SSSR count). The molecule has 0 aliphatic carbocycles. The summed E-state index contributed by atoms with van der Waals surface area (Å²) in [5.74, 6) is 1.26. The van der Waals surface area contributed by atoms with Crippen molar-refractivity contribution in [3.63, 3.8) is 0 Å². The quantitative estimate of drug-likeness (QED) is 0.353. The molecule has 0 atom stereocenters. The molecule has 0 bridgehead atoms. The van der Waals surface area contributed by atoms with E-state index in [1.54, 1.807) is 12.1 Å². The van der Waals surface area contributed by atoms with Crippen LogP contribution in [0.5, 0.6) is 11.5 Å². The molecule has 0 fully saturated rings. The zero-order valence-corrected chi connectivity index (χ0v) is 16.7. The molecule has 1 N–H and O–H groups in total. The van der Waals surface area contributed by atoms with E-state index in [0.717, 1.165) is 16.8 Å². The number of non-ortho nitro benzene ring substituents is 1. The molecule has 150 valence electrons. The number of ether oxygens (including phenoxy) is 2. The van der Waals surface area contributed by atoms with Crippen molar-refractivity contribution < 1.29 is 14.4 Å². The Bertz CT molecular complexity index is 977. The third kappa shape index (κ3) is 5.62. The highest BCUT2D eigenvalue weighted by Gasteiger charge is 2.09. The maximum Gasteiger partial charge on any atom is 0.269 e. The van der Waals surface area contributed by atoms with Crippen LogP contribution in [-0.2, 0) is 13.2 Å². The normalized spacial score (nSPS) is 10.4. The lowest BCUT2D eigenvalue weighted by atomic mass is 10.2. The average Bonchev–Trinajstić information content (AvgIpc) is 2.73. The van der Waals surface area contributed by atoms with Crippen LogP contribution in [-0.4, -0.2) is 11.5 Å². The van der Waals surface area contributed by atoms with Crippen molar-refractivity contribution in [2.75, 3.05) is 11.9 Å². The van der Waals surface area contributed by atoms with Crippen molar-refractivity contribution in [1.29, 1.82) is 0 Å². The molecule has 7 heteroatoms. The summed E-state index contributed by atoms with van der Waals surface area (Å²) in [5, 5.41) is 14.7. The van der Waals surface area contributed by atoms with E-state index < -0.39 is 4.92 Å². The van der Waals surface area contributed by atoms with Gasteiger partial charge in [-0.15, -0.1) is 0 Å². The molecule has 0 saturated heterocycles. The van der Waals surface area contributed by atoms with Crippen LogP contribution in [0.3, 0.4) is 0 Å². The summed E-state index contributed by atoms with van der Waals surface area (Å²) in [5.41, 5.74) is 2.78. The van der Waals surface area contributed by atoms with E-state index in [1.807, 2.05) is 49.4 Å². The molecule has 0 saturated carbocycles. The number of nitrogens with zero attached hydrogens (tertiary/aromatic N) is 1. The third-order valence-electron chi connectivity index (χ3n) is 4.21. The SMILES string of the molecule is CCOc1cc(CNc2ccccc2Cl)ccc1OCc1ccc([N+](=O)[O-])cc1. The molecule has 0 aliphatic rings. The highest BCUT2D eigenvalue weighted by atomic mass is 35.5. The summed E-state index contributed by atoms with van der Waals surface area (Å²) in [6, 6.07) is 19.6. The van der Waals surface area contributed by atoms with Gasteiger partial charge in [0.1, 0.15) is 6.61 Å². The summed E-state index contributed by atoms with van der Waals surface area (Å²) < 4.78 is 11.6. The first-order valence-electron chi connectivity index (χ1n) is 9.17. The first kappa shape index (κ1) is 20.5. The number of rotatable bonds is 9. The van der Waals surface area contributed by atoms with Gasteiger partial charge in [-0.1, -0.05) is 29.8 Å². The van der Waals surface area contributed by atoms with Gasteiger partial charge in [0.05, 0.1) is 22.2 Å². The summed E-state index contributed by atoms with van der Waals surface area (Å²) in [6.07, 6.45) is 0. The van der Waals surface area contributed by atoms with Crippen LogP contribution in [0.2, 0.25) is 5.02 Å². The summed E-state index contributed by atoms with van der Waals surface area (Å²) in [6.45, 7) is 3.30. The highest BCUT2D eigenvalue weighted by molar-refractivity contribution is 6.33. The van der Waals surface area contributed by atoms with E-state index in [9.17, 15) is 10.1 Å². The second kappa shape index (κ2) is 9.80. The van der Waals surface area contributed by atoms with E-state index in [0.29, 0.717) is 29.7 Å². The monoisotopic (exact) mass is 412 g/mol. The second-order valence-electron chi connectivity index (χ2n) is 6.26. The number of nitrogens with one attached hydrogen (secondary N) is 1. The second-order valence-corrected chi connectivity index (χ2v) is 6.67. The van der Waals surface area contributed by atoms with Crippen LogP contribution in [0.1, 0.15) is 18.1 Å². The van der Waals surface area contributed by atoms with E-state index in [-0.39, 0.29) is 12.3 Å². The predicted octanol–water partition coefficient (Wildman–Crippen LogP) is 5.84. The summed E-state index contributed by atoms with van der Waals surface area (Å²) >= 11 is 6.18. The lowest BCUT2D eigenvalue weighted by Gasteiger charge is -2.14. The zero-order valence-electron chi connectivity index (χ0n) is 15.9. The van der Waals surface area contributed by atoms with Crippen molar-refractivity contribution in [3.8, 4) is 11.5 Å². The van der Waals surface area contributed by atoms with Crippen LogP contribution < -0.4 is 14.8 Å². The average molecular weight is 413 g/mol. The Balaban J connectivity index is 1.67. The van der Waals surface area contributed by atoms with Crippen molar-refractivity contribution >= 4 is 23.0 Å². The van der Waals surface area contributed by atoms with Gasteiger partial charge < -0.3 is 14.8 Å². The topological polar surface area (TPSA) is 73.6 Å². The number of nitro groups is 1. The number of hydrogen-bond acceptors (Lipinski definition) is 5. The van der Waals surface area contributed by atoms with E-state index in [4.69, 9.17) is 21.1 Å². The van der Waals surface area contributed by atoms with Crippen molar-refractivity contribution in [1.82, 2.24) is 0 Å². The van der Waals surface area contributed by atoms with E-state index in [1.165, 1.54) is 12.1 Å². The number of hydrogen-bond donors (Lipinski definition) is 1. The van der Waals surface area contributed by atoms with Gasteiger partial charge in [0, 0.05) is 18.7 Å². The Morgan fingerprint density at radius 2 is 1.69 bits per heavy atom. The maximum absolute atomic E-state index is 10.7. The van der Waals surface area contributed by atoms with E-state index in [2.05, 4.69) is 5.32 Å². The lowest BCUT2D eigenvalue weighted by molar-refractivity contribution is -0.384. The smallest absolute Gasteiger partial charge is 0.269 e. The van der Waals surface area contributed by atoms with Gasteiger partial charge in [-0.2, -0.15) is 0 Å². The molecule has 6 nitrogen and oxygen atoms in total. The first-order valence-corrected chi connectivity index (χ1v) is 9.55. The molecule has 0 aliphatic heterocycles. The number of nitro benzene ring substituents is 1. The van der Waals surface area contributed by atoms with Crippen LogP contribution in [0, 0.1) is 10.1 Å².